The minimum absolute atomic E-state index is 0.134. The third-order valence-electron chi connectivity index (χ3n) is 5.33. The second kappa shape index (κ2) is 10.1. The van der Waals surface area contributed by atoms with Gasteiger partial charge in [-0.2, -0.15) is 0 Å². The Balaban J connectivity index is 1.41. The Labute approximate surface area is 216 Å². The summed E-state index contributed by atoms with van der Waals surface area (Å²) in [7, 11) is 0. The van der Waals surface area contributed by atoms with Gasteiger partial charge in [-0.1, -0.05) is 77.4 Å². The van der Waals surface area contributed by atoms with Gasteiger partial charge >= 0.3 is 0 Å². The van der Waals surface area contributed by atoms with Gasteiger partial charge in [0.2, 0.25) is 5.78 Å². The Bertz CT molecular complexity index is 1510. The summed E-state index contributed by atoms with van der Waals surface area (Å²) in [4.78, 5) is 13.0. The van der Waals surface area contributed by atoms with Gasteiger partial charge < -0.3 is 4.42 Å². The first-order valence-corrected chi connectivity index (χ1v) is 12.5. The molecule has 0 saturated heterocycles. The lowest BCUT2D eigenvalue weighted by atomic mass is 10.2. The average molecular weight is 520 g/mol. The Hall–Kier alpha value is -3.32. The summed E-state index contributed by atoms with van der Waals surface area (Å²) in [6, 6.07) is 26.4. The summed E-state index contributed by atoms with van der Waals surface area (Å²) >= 11 is 13.7. The van der Waals surface area contributed by atoms with E-state index in [9.17, 15) is 4.79 Å². The van der Waals surface area contributed by atoms with Crippen LogP contribution in [0.3, 0.4) is 0 Å². The van der Waals surface area contributed by atoms with E-state index in [4.69, 9.17) is 27.6 Å². The largest absolute Gasteiger partial charge is 0.453 e. The number of benzene rings is 3. The van der Waals surface area contributed by atoms with Crippen molar-refractivity contribution in [2.24, 2.45) is 0 Å². The maximum atomic E-state index is 13.0. The highest BCUT2D eigenvalue weighted by atomic mass is 35.5. The molecule has 5 nitrogen and oxygen atoms in total. The van der Waals surface area contributed by atoms with Gasteiger partial charge in [0.25, 0.3) is 0 Å². The number of hydrogen-bond acceptors (Lipinski definition) is 5. The fourth-order valence-corrected chi connectivity index (χ4v) is 4.86. The molecule has 2 aromatic heterocycles. The number of aryl methyl sites for hydroxylation is 1. The number of nitrogens with zero attached hydrogens (tertiary/aromatic N) is 3. The van der Waals surface area contributed by atoms with E-state index in [2.05, 4.69) is 16.3 Å². The highest BCUT2D eigenvalue weighted by Gasteiger charge is 2.20. The second-order valence-corrected chi connectivity index (χ2v) is 9.63. The van der Waals surface area contributed by atoms with Crippen molar-refractivity contribution in [2.75, 3.05) is 5.75 Å². The Morgan fingerprint density at radius 3 is 2.57 bits per heavy atom. The van der Waals surface area contributed by atoms with E-state index in [0.29, 0.717) is 32.3 Å². The third-order valence-corrected chi connectivity index (χ3v) is 6.83. The number of ketones is 1. The number of aromatic nitrogens is 3. The zero-order valence-corrected chi connectivity index (χ0v) is 20.9. The van der Waals surface area contributed by atoms with Gasteiger partial charge in [0.05, 0.1) is 10.8 Å². The van der Waals surface area contributed by atoms with Gasteiger partial charge in [-0.3, -0.25) is 9.36 Å². The van der Waals surface area contributed by atoms with Crippen molar-refractivity contribution in [3.05, 3.63) is 106 Å². The van der Waals surface area contributed by atoms with Crippen molar-refractivity contribution in [3.63, 3.8) is 0 Å². The number of thioether (sulfide) groups is 1. The van der Waals surface area contributed by atoms with Crippen molar-refractivity contribution in [1.82, 2.24) is 14.8 Å². The number of Topliss-reactive ketones (excluding diaryl/α,β-unsaturated/α-hetero) is 1. The molecule has 0 unspecified atom stereocenters. The van der Waals surface area contributed by atoms with Gasteiger partial charge in [0.15, 0.2) is 16.7 Å². The fourth-order valence-electron chi connectivity index (χ4n) is 3.66. The summed E-state index contributed by atoms with van der Waals surface area (Å²) in [5.74, 6) is 1.41. The normalized spacial score (nSPS) is 11.1. The van der Waals surface area contributed by atoms with Crippen LogP contribution in [0.25, 0.3) is 28.4 Å². The molecule has 0 fully saturated rings. The van der Waals surface area contributed by atoms with Crippen molar-refractivity contribution < 1.29 is 9.21 Å². The summed E-state index contributed by atoms with van der Waals surface area (Å²) in [6.07, 6.45) is 0. The Kier molecular flexibility index (Phi) is 6.77. The number of carbonyl (C=O) groups excluding carboxylic acids is 1. The Morgan fingerprint density at radius 1 is 0.943 bits per heavy atom. The number of rotatable bonds is 7. The zero-order chi connectivity index (χ0) is 24.4. The Morgan fingerprint density at radius 2 is 1.77 bits per heavy atom. The number of hydrogen-bond donors (Lipinski definition) is 0. The highest BCUT2D eigenvalue weighted by Crippen LogP contribution is 2.33. The molecule has 0 N–H and O–H groups in total. The lowest BCUT2D eigenvalue weighted by molar-refractivity contribution is 0.0993. The molecular formula is C27H19Cl2N3O2S. The molecule has 0 radical (unpaired) electrons. The van der Waals surface area contributed by atoms with Gasteiger partial charge in [-0.15, -0.1) is 10.2 Å². The molecule has 0 aliphatic rings. The first-order valence-electron chi connectivity index (χ1n) is 10.8. The predicted octanol–water partition coefficient (Wildman–Crippen LogP) is 7.78. The molecule has 5 aromatic rings. The first-order chi connectivity index (χ1) is 17.0. The summed E-state index contributed by atoms with van der Waals surface area (Å²) in [6.45, 7) is 2.03. The zero-order valence-electron chi connectivity index (χ0n) is 18.6. The minimum Gasteiger partial charge on any atom is -0.453 e. The quantitative estimate of drug-likeness (QED) is 0.162. The molecule has 35 heavy (non-hydrogen) atoms. The molecular weight excluding hydrogens is 501 g/mol. The van der Waals surface area contributed by atoms with Gasteiger partial charge in [-0.25, -0.2) is 0 Å². The van der Waals surface area contributed by atoms with Crippen LogP contribution in [0.1, 0.15) is 16.1 Å². The van der Waals surface area contributed by atoms with E-state index >= 15 is 0 Å². The van der Waals surface area contributed by atoms with Crippen molar-refractivity contribution >= 4 is 40.7 Å². The molecule has 0 saturated carbocycles. The summed E-state index contributed by atoms with van der Waals surface area (Å²) < 4.78 is 7.78. The van der Waals surface area contributed by atoms with Crippen LogP contribution in [-0.4, -0.2) is 26.3 Å². The molecule has 0 bridgehead atoms. The van der Waals surface area contributed by atoms with Gasteiger partial charge in [-0.05, 0) is 55.0 Å². The van der Waals surface area contributed by atoms with Crippen LogP contribution in [0.15, 0.2) is 94.5 Å². The van der Waals surface area contributed by atoms with Crippen molar-refractivity contribution in [1.29, 1.82) is 0 Å². The lowest BCUT2D eigenvalue weighted by Gasteiger charge is -2.11. The predicted molar refractivity (Wildman–Crippen MR) is 141 cm³/mol. The monoisotopic (exact) mass is 519 g/mol. The van der Waals surface area contributed by atoms with Crippen molar-refractivity contribution in [2.45, 2.75) is 12.1 Å². The van der Waals surface area contributed by atoms with E-state index in [1.807, 2.05) is 60.0 Å². The van der Waals surface area contributed by atoms with E-state index in [-0.39, 0.29) is 17.3 Å². The van der Waals surface area contributed by atoms with Crippen LogP contribution in [0.2, 0.25) is 10.0 Å². The molecule has 0 aliphatic heterocycles. The molecule has 5 rings (SSSR count). The second-order valence-electron chi connectivity index (χ2n) is 7.85. The lowest BCUT2D eigenvalue weighted by Crippen LogP contribution is -2.04. The molecule has 0 spiro atoms. The van der Waals surface area contributed by atoms with Gasteiger partial charge in [0.1, 0.15) is 5.76 Å². The maximum Gasteiger partial charge on any atom is 0.208 e. The van der Waals surface area contributed by atoms with Gasteiger partial charge in [0, 0.05) is 21.8 Å². The average Bonchev–Trinajstić information content (AvgIpc) is 3.52. The summed E-state index contributed by atoms with van der Waals surface area (Å²) in [5, 5.41) is 10.5. The highest BCUT2D eigenvalue weighted by molar-refractivity contribution is 7.99. The van der Waals surface area contributed by atoms with E-state index in [0.717, 1.165) is 16.8 Å². The third kappa shape index (κ3) is 5.05. The molecule has 0 amide bonds. The van der Waals surface area contributed by atoms with Crippen LogP contribution in [0.5, 0.6) is 0 Å². The van der Waals surface area contributed by atoms with E-state index in [1.54, 1.807) is 30.3 Å². The smallest absolute Gasteiger partial charge is 0.208 e. The van der Waals surface area contributed by atoms with Crippen molar-refractivity contribution in [3.8, 4) is 28.4 Å². The molecule has 0 aliphatic carbocycles. The minimum atomic E-state index is -0.167. The van der Waals surface area contributed by atoms with Crippen LogP contribution >= 0.6 is 35.0 Å². The standard InChI is InChI=1S/C27H19Cl2N3O2S/c1-17-6-5-9-20(14-17)32-26(18-7-3-2-4-8-18)30-31-27(32)35-16-23(33)25-13-12-24(34-25)21-15-19(28)10-11-22(21)29/h2-15H,16H2,1H3. The summed E-state index contributed by atoms with van der Waals surface area (Å²) in [5.41, 5.74) is 3.62. The number of carbonyl (C=O) groups is 1. The van der Waals surface area contributed by atoms with Crippen LogP contribution < -0.4 is 0 Å². The topological polar surface area (TPSA) is 60.9 Å². The molecule has 0 atom stereocenters. The molecule has 2 heterocycles. The van der Waals surface area contributed by atoms with Crippen LogP contribution in [-0.2, 0) is 0 Å². The maximum absolute atomic E-state index is 13.0. The molecule has 3 aromatic carbocycles. The molecule has 8 heteroatoms. The van der Waals surface area contributed by atoms with Crippen LogP contribution in [0.4, 0.5) is 0 Å². The fraction of sp³-hybridized carbons (Fsp3) is 0.0741. The molecule has 174 valence electrons. The van der Waals surface area contributed by atoms with Crippen LogP contribution in [0, 0.1) is 6.92 Å². The first kappa shape index (κ1) is 23.4. The van der Waals surface area contributed by atoms with E-state index in [1.165, 1.54) is 11.8 Å². The number of furan rings is 1. The van der Waals surface area contributed by atoms with E-state index < -0.39 is 0 Å². The SMILES string of the molecule is Cc1cccc(-n2c(SCC(=O)c3ccc(-c4cc(Cl)ccc4Cl)o3)nnc2-c2ccccc2)c1. The number of halogens is 2.